The molecule has 0 aliphatic carbocycles. The summed E-state index contributed by atoms with van der Waals surface area (Å²) in [6, 6.07) is 17.5. The maximum atomic E-state index is 14.7. The highest BCUT2D eigenvalue weighted by Gasteiger charge is 2.52. The van der Waals surface area contributed by atoms with Crippen molar-refractivity contribution < 1.29 is 52.4 Å². The number of aromatic nitrogens is 2. The minimum atomic E-state index is -1.70. The lowest BCUT2D eigenvalue weighted by molar-refractivity contribution is -0.294. The van der Waals surface area contributed by atoms with Gasteiger partial charge in [0.15, 0.2) is 29.6 Å². The fourth-order valence-electron chi connectivity index (χ4n) is 8.63. The normalized spacial score (nSPS) is 32.6. The third kappa shape index (κ3) is 10.9. The number of nitrogens with zero attached hydrogens (tertiary/aromatic N) is 3. The van der Waals surface area contributed by atoms with Crippen molar-refractivity contribution in [3.63, 3.8) is 0 Å². The second kappa shape index (κ2) is 20.2. The number of Topliss-reactive ketones (excluding diaryl/α,β-unsaturated/α-hetero) is 2. The number of ketones is 2. The Bertz CT molecular complexity index is 2010. The Kier molecular flexibility index (Phi) is 15.6. The molecule has 330 valence electrons. The Hall–Kier alpha value is -5.02. The Morgan fingerprint density at radius 2 is 1.64 bits per heavy atom. The molecule has 0 N–H and O–H groups in total. The second-order valence-corrected chi connectivity index (χ2v) is 16.9. The smallest absolute Gasteiger partial charge is 0.420 e. The van der Waals surface area contributed by atoms with E-state index < -0.39 is 77.4 Å². The molecule has 11 atom stereocenters. The number of methoxy groups -OCH3 is 1. The first-order valence-corrected chi connectivity index (χ1v) is 20.9. The first kappa shape index (κ1) is 47.0. The standard InChI is InChI=1S/C47H61N3O11/c1-11-37-47(27-34-18-14-12-15-19-34,61-45(55)50-23-22-48-28-50)26-30(3)38(51)29(2)25-46(7,56-10)41(32(5)39(52)33(6)42(53)58-37)60-44-40(36(49(8)9)24-31(4)57-44)59-43(54)35-20-16-13-17-21-35/h12-23,26,28-29,31-33,36-37,40-41,44H,11,24-25,27H2,1-10H3/b30-26+/t29-,31-,32+,33-,36+,37-,40-,41-,44?,46-,47-/m1/s1. The molecule has 0 amide bonds. The minimum Gasteiger partial charge on any atom is -0.457 e. The Morgan fingerprint density at radius 1 is 0.984 bits per heavy atom. The molecule has 1 fully saturated rings. The Labute approximate surface area is 358 Å². The van der Waals surface area contributed by atoms with Gasteiger partial charge in [0.1, 0.15) is 18.3 Å². The van der Waals surface area contributed by atoms with Crippen molar-refractivity contribution >= 4 is 29.6 Å². The fourth-order valence-corrected chi connectivity index (χ4v) is 8.63. The lowest BCUT2D eigenvalue weighted by Gasteiger charge is -2.47. The molecule has 0 spiro atoms. The quantitative estimate of drug-likeness (QED) is 0.121. The molecule has 14 nitrogen and oxygen atoms in total. The lowest BCUT2D eigenvalue weighted by atomic mass is 9.76. The first-order valence-electron chi connectivity index (χ1n) is 20.9. The number of hydrogen-bond donors (Lipinski definition) is 0. The van der Waals surface area contributed by atoms with Gasteiger partial charge in [-0.3, -0.25) is 14.4 Å². The van der Waals surface area contributed by atoms with Gasteiger partial charge in [-0.2, -0.15) is 0 Å². The topological polar surface area (TPSA) is 162 Å². The number of rotatable bonds is 10. The van der Waals surface area contributed by atoms with Crippen LogP contribution < -0.4 is 0 Å². The summed E-state index contributed by atoms with van der Waals surface area (Å²) in [5.41, 5.74) is -1.71. The number of carbonyl (C=O) groups excluding carboxylic acids is 5. The summed E-state index contributed by atoms with van der Waals surface area (Å²) in [5.74, 6) is -5.36. The zero-order chi connectivity index (χ0) is 44.6. The number of likely N-dealkylation sites (N-methyl/N-ethyl adjacent to an activating group) is 1. The van der Waals surface area contributed by atoms with E-state index in [9.17, 15) is 24.0 Å². The number of esters is 2. The third-order valence-electron chi connectivity index (χ3n) is 12.0. The molecule has 61 heavy (non-hydrogen) atoms. The van der Waals surface area contributed by atoms with Gasteiger partial charge < -0.3 is 33.3 Å². The van der Waals surface area contributed by atoms with Crippen LogP contribution in [-0.4, -0.2) is 113 Å². The van der Waals surface area contributed by atoms with Crippen LogP contribution in [0, 0.1) is 17.8 Å². The molecule has 1 aromatic heterocycles. The summed E-state index contributed by atoms with van der Waals surface area (Å²) in [4.78, 5) is 76.9. The van der Waals surface area contributed by atoms with Crippen LogP contribution in [0.2, 0.25) is 0 Å². The van der Waals surface area contributed by atoms with Crippen molar-refractivity contribution in [1.29, 1.82) is 0 Å². The van der Waals surface area contributed by atoms with Crippen LogP contribution in [0.5, 0.6) is 0 Å². The molecule has 2 aliphatic rings. The Morgan fingerprint density at radius 3 is 2.23 bits per heavy atom. The highest BCUT2D eigenvalue weighted by molar-refractivity contribution is 6.00. The predicted octanol–water partition coefficient (Wildman–Crippen LogP) is 6.65. The number of imidazole rings is 1. The van der Waals surface area contributed by atoms with E-state index in [1.165, 1.54) is 32.8 Å². The van der Waals surface area contributed by atoms with Gasteiger partial charge in [-0.15, -0.1) is 0 Å². The second-order valence-electron chi connectivity index (χ2n) is 16.9. The van der Waals surface area contributed by atoms with E-state index in [0.29, 0.717) is 12.0 Å². The van der Waals surface area contributed by atoms with E-state index in [4.69, 9.17) is 28.4 Å². The molecule has 5 rings (SSSR count). The molecule has 3 heterocycles. The number of allylic oxidation sites excluding steroid dienone is 1. The maximum Gasteiger partial charge on any atom is 0.420 e. The molecule has 0 radical (unpaired) electrons. The van der Waals surface area contributed by atoms with E-state index in [1.807, 2.05) is 56.3 Å². The van der Waals surface area contributed by atoms with Crippen LogP contribution in [0.15, 0.2) is 91.0 Å². The average molecular weight is 844 g/mol. The van der Waals surface area contributed by atoms with Crippen molar-refractivity contribution in [3.8, 4) is 0 Å². The number of cyclic esters (lactones) is 1. The molecule has 2 aliphatic heterocycles. The van der Waals surface area contributed by atoms with Crippen LogP contribution in [0.25, 0.3) is 0 Å². The maximum absolute atomic E-state index is 14.7. The lowest BCUT2D eigenvalue weighted by Crippen LogP contribution is -2.60. The monoisotopic (exact) mass is 843 g/mol. The minimum absolute atomic E-state index is 0.0350. The van der Waals surface area contributed by atoms with Crippen molar-refractivity contribution in [2.24, 2.45) is 17.8 Å². The van der Waals surface area contributed by atoms with Gasteiger partial charge in [-0.25, -0.2) is 19.1 Å². The van der Waals surface area contributed by atoms with Gasteiger partial charge in [-0.1, -0.05) is 69.3 Å². The highest BCUT2D eigenvalue weighted by Crippen LogP contribution is 2.39. The van der Waals surface area contributed by atoms with E-state index in [-0.39, 0.29) is 42.8 Å². The van der Waals surface area contributed by atoms with Gasteiger partial charge in [0.05, 0.1) is 29.4 Å². The van der Waals surface area contributed by atoms with Crippen molar-refractivity contribution in [2.75, 3.05) is 21.2 Å². The van der Waals surface area contributed by atoms with E-state index in [0.717, 1.165) is 10.1 Å². The summed E-state index contributed by atoms with van der Waals surface area (Å²) in [7, 11) is 5.23. The van der Waals surface area contributed by atoms with E-state index in [1.54, 1.807) is 71.0 Å². The fraction of sp³-hybridized carbons (Fsp3) is 0.532. The van der Waals surface area contributed by atoms with E-state index in [2.05, 4.69) is 4.98 Å². The van der Waals surface area contributed by atoms with Crippen molar-refractivity contribution in [2.45, 2.75) is 122 Å². The summed E-state index contributed by atoms with van der Waals surface area (Å²) in [5, 5.41) is 0. The van der Waals surface area contributed by atoms with Crippen LogP contribution in [0.1, 0.15) is 83.7 Å². The summed E-state index contributed by atoms with van der Waals surface area (Å²) >= 11 is 0. The van der Waals surface area contributed by atoms with Crippen molar-refractivity contribution in [3.05, 3.63) is 102 Å². The zero-order valence-corrected chi connectivity index (χ0v) is 36.9. The SMILES string of the molecule is CC[C@H]1OC(=O)[C@H](C)C(=O)[C@H](C)[C@@H](OC2O[C@H](C)C[C@H](N(C)C)[C@H]2OC(=O)c2ccccc2)[C@](C)(OC)C[C@@H](C)C(=O)/C(C)=C/[C@]1(Cc1ccccc1)OC(=O)n1ccnc1. The molecule has 0 saturated carbocycles. The molecule has 1 unspecified atom stereocenters. The highest BCUT2D eigenvalue weighted by atomic mass is 16.7. The molecule has 14 heteroatoms. The summed E-state index contributed by atoms with van der Waals surface area (Å²) in [6.07, 6.45) is 0.935. The zero-order valence-electron chi connectivity index (χ0n) is 36.9. The number of benzene rings is 2. The summed E-state index contributed by atoms with van der Waals surface area (Å²) < 4.78 is 39.4. The third-order valence-corrected chi connectivity index (χ3v) is 12.0. The van der Waals surface area contributed by atoms with Crippen LogP contribution in [0.3, 0.4) is 0 Å². The molecular formula is C47H61N3O11. The Balaban J connectivity index is 1.60. The van der Waals surface area contributed by atoms with Gasteiger partial charge in [0.2, 0.25) is 0 Å². The van der Waals surface area contributed by atoms with Gasteiger partial charge >= 0.3 is 18.0 Å². The molecule has 2 aromatic carbocycles. The molecule has 0 bridgehead atoms. The number of hydrogen-bond acceptors (Lipinski definition) is 13. The van der Waals surface area contributed by atoms with E-state index >= 15 is 0 Å². The average Bonchev–Trinajstić information content (AvgIpc) is 3.80. The molecular weight excluding hydrogens is 783 g/mol. The predicted molar refractivity (Wildman–Crippen MR) is 225 cm³/mol. The van der Waals surface area contributed by atoms with Crippen LogP contribution >= 0.6 is 0 Å². The largest absolute Gasteiger partial charge is 0.457 e. The number of ether oxygens (including phenoxy) is 6. The van der Waals surface area contributed by atoms with Crippen LogP contribution in [0.4, 0.5) is 4.79 Å². The molecule has 1 saturated heterocycles. The first-order chi connectivity index (χ1) is 28.9. The molecule has 3 aromatic rings. The van der Waals surface area contributed by atoms with Gasteiger partial charge in [0, 0.05) is 37.8 Å². The number of carbonyl (C=O) groups is 5. The van der Waals surface area contributed by atoms with Gasteiger partial charge in [-0.05, 0) is 90.4 Å². The van der Waals surface area contributed by atoms with Crippen molar-refractivity contribution in [1.82, 2.24) is 14.5 Å². The van der Waals surface area contributed by atoms with Gasteiger partial charge in [0.25, 0.3) is 0 Å². The van der Waals surface area contributed by atoms with Crippen LogP contribution in [-0.2, 0) is 49.2 Å². The summed E-state index contributed by atoms with van der Waals surface area (Å²) in [6.45, 7) is 11.9.